The van der Waals surface area contributed by atoms with Gasteiger partial charge in [0.1, 0.15) is 42.1 Å². The molecule has 5 amide bonds. The Bertz CT molecular complexity index is 1350. The van der Waals surface area contributed by atoms with E-state index in [-0.39, 0.29) is 29.0 Å². The van der Waals surface area contributed by atoms with Gasteiger partial charge < -0.3 is 35.2 Å². The molecule has 4 aliphatic heterocycles. The molecule has 1 aromatic rings. The van der Waals surface area contributed by atoms with Crippen molar-refractivity contribution in [1.82, 2.24) is 25.3 Å². The molecule has 3 N–H and O–H groups in total. The molecule has 6 atom stereocenters. The number of benzene rings is 1. The lowest BCUT2D eigenvalue weighted by atomic mass is 9.95. The Labute approximate surface area is 269 Å². The number of carbonyl (C=O) groups is 6. The molecule has 5 rings (SSSR count). The molecule has 250 valence electrons. The Kier molecular flexibility index (Phi) is 10.2. The van der Waals surface area contributed by atoms with Crippen LogP contribution in [0, 0.1) is 5.92 Å². The zero-order valence-electron chi connectivity index (χ0n) is 26.8. The molecule has 1 aromatic carbocycles. The average Bonchev–Trinajstić information content (AvgIpc) is 3.55. The summed E-state index contributed by atoms with van der Waals surface area (Å²) in [6.45, 7) is 6.10. The predicted molar refractivity (Wildman–Crippen MR) is 165 cm³/mol. The van der Waals surface area contributed by atoms with Crippen molar-refractivity contribution < 1.29 is 38.6 Å². The molecule has 4 heterocycles. The second-order valence-electron chi connectivity index (χ2n) is 13.1. The number of hydrogen-bond acceptors (Lipinski definition) is 8. The molecule has 0 spiro atoms. The summed E-state index contributed by atoms with van der Waals surface area (Å²) in [5.74, 6) is -3.51. The molecule has 13 heteroatoms. The van der Waals surface area contributed by atoms with Crippen LogP contribution in [0.2, 0.25) is 0 Å². The van der Waals surface area contributed by atoms with Crippen LogP contribution in [0.4, 0.5) is 0 Å². The van der Waals surface area contributed by atoms with Crippen molar-refractivity contribution in [3.63, 3.8) is 0 Å². The minimum absolute atomic E-state index is 0.0405. The lowest BCUT2D eigenvalue weighted by molar-refractivity contribution is -0.166. The van der Waals surface area contributed by atoms with E-state index >= 15 is 0 Å². The lowest BCUT2D eigenvalue weighted by Gasteiger charge is -2.43. The Hall–Kier alpha value is -4.16. The molecule has 13 nitrogen and oxygen atoms in total. The maximum Gasteiger partial charge on any atom is 0.329 e. The first kappa shape index (κ1) is 33.2. The molecule has 0 aliphatic carbocycles. The fraction of sp³-hybridized carbons (Fsp3) is 0.636. The molecule has 0 aromatic heterocycles. The van der Waals surface area contributed by atoms with Gasteiger partial charge in [0.25, 0.3) is 5.91 Å². The van der Waals surface area contributed by atoms with Crippen molar-refractivity contribution in [2.45, 2.75) is 108 Å². The standard InChI is InChI=1S/C33H45N5O8/c1-19(2)26-32(44)37-18-8-11-24(37)30(42)36-16-6-4-9-23(36)31(43)38-17-7-5-10-25(38)33(45)46-20(3)27(29(41)34-26)35-28(40)21-12-14-22(39)15-13-21/h12-15,19-20,23-27,39H,4-11,16-18H2,1-3H3,(H,34,41)(H,35,40)/t20-,23+,24+,25+,26+,27+/m1/s1. The molecule has 4 fully saturated rings. The van der Waals surface area contributed by atoms with Gasteiger partial charge in [0.05, 0.1) is 0 Å². The van der Waals surface area contributed by atoms with Crippen LogP contribution in [0.3, 0.4) is 0 Å². The Morgan fingerprint density at radius 1 is 0.804 bits per heavy atom. The number of phenolic OH excluding ortho intramolecular Hbond substituents is 1. The van der Waals surface area contributed by atoms with Crippen LogP contribution >= 0.6 is 0 Å². The predicted octanol–water partition coefficient (Wildman–Crippen LogP) is 1.33. The van der Waals surface area contributed by atoms with Crippen LogP contribution in [-0.4, -0.2) is 111 Å². The van der Waals surface area contributed by atoms with Gasteiger partial charge in [-0.2, -0.15) is 0 Å². The van der Waals surface area contributed by atoms with Crippen LogP contribution in [0.25, 0.3) is 0 Å². The van der Waals surface area contributed by atoms with Gasteiger partial charge >= 0.3 is 5.97 Å². The third-order valence-electron chi connectivity index (χ3n) is 9.65. The van der Waals surface area contributed by atoms with E-state index in [1.54, 1.807) is 18.7 Å². The summed E-state index contributed by atoms with van der Waals surface area (Å²) < 4.78 is 5.83. The van der Waals surface area contributed by atoms with Crippen LogP contribution < -0.4 is 10.6 Å². The summed E-state index contributed by atoms with van der Waals surface area (Å²) in [5, 5.41) is 15.1. The fourth-order valence-electron chi connectivity index (χ4n) is 7.06. The van der Waals surface area contributed by atoms with Crippen LogP contribution in [0.15, 0.2) is 24.3 Å². The molecule has 4 saturated heterocycles. The monoisotopic (exact) mass is 639 g/mol. The highest BCUT2D eigenvalue weighted by molar-refractivity contribution is 6.00. The van der Waals surface area contributed by atoms with Gasteiger partial charge in [-0.25, -0.2) is 4.79 Å². The van der Waals surface area contributed by atoms with Crippen molar-refractivity contribution in [3.8, 4) is 5.75 Å². The zero-order valence-corrected chi connectivity index (χ0v) is 26.8. The summed E-state index contributed by atoms with van der Waals surface area (Å²) in [7, 11) is 0. The summed E-state index contributed by atoms with van der Waals surface area (Å²) in [4.78, 5) is 87.8. The number of fused-ring (bicyclic) bond motifs is 3. The summed E-state index contributed by atoms with van der Waals surface area (Å²) >= 11 is 0. The van der Waals surface area contributed by atoms with E-state index in [0.717, 1.165) is 12.8 Å². The zero-order chi connectivity index (χ0) is 33.1. The number of piperidine rings is 2. The van der Waals surface area contributed by atoms with Gasteiger partial charge in [0.15, 0.2) is 0 Å². The number of amides is 5. The van der Waals surface area contributed by atoms with E-state index in [9.17, 15) is 33.9 Å². The van der Waals surface area contributed by atoms with Gasteiger partial charge in [-0.15, -0.1) is 0 Å². The number of nitrogens with zero attached hydrogens (tertiary/aromatic N) is 3. The second kappa shape index (κ2) is 14.1. The van der Waals surface area contributed by atoms with Gasteiger partial charge in [0.2, 0.25) is 23.6 Å². The van der Waals surface area contributed by atoms with Crippen molar-refractivity contribution in [2.24, 2.45) is 5.92 Å². The number of ether oxygens (including phenoxy) is 1. The quantitative estimate of drug-likeness (QED) is 0.417. The van der Waals surface area contributed by atoms with Gasteiger partial charge in [-0.05, 0) is 88.5 Å². The van der Waals surface area contributed by atoms with E-state index in [1.807, 2.05) is 0 Å². The van der Waals surface area contributed by atoms with E-state index in [2.05, 4.69) is 10.6 Å². The van der Waals surface area contributed by atoms with Crippen molar-refractivity contribution in [3.05, 3.63) is 29.8 Å². The number of esters is 1. The van der Waals surface area contributed by atoms with E-state index < -0.39 is 60.0 Å². The minimum atomic E-state index is -1.40. The number of carbonyl (C=O) groups excluding carboxylic acids is 6. The first-order valence-electron chi connectivity index (χ1n) is 16.5. The number of nitrogens with one attached hydrogen (secondary N) is 2. The fourth-order valence-corrected chi connectivity index (χ4v) is 7.06. The molecular formula is C33H45N5O8. The smallest absolute Gasteiger partial charge is 0.329 e. The maximum absolute atomic E-state index is 14.1. The summed E-state index contributed by atoms with van der Waals surface area (Å²) in [5.41, 5.74) is 0.160. The highest BCUT2D eigenvalue weighted by Gasteiger charge is 2.47. The minimum Gasteiger partial charge on any atom is -0.508 e. The van der Waals surface area contributed by atoms with Crippen molar-refractivity contribution in [2.75, 3.05) is 19.6 Å². The first-order valence-corrected chi connectivity index (χ1v) is 16.5. The van der Waals surface area contributed by atoms with E-state index in [4.69, 9.17) is 4.74 Å². The van der Waals surface area contributed by atoms with Gasteiger partial charge in [0, 0.05) is 25.2 Å². The number of hydrogen-bond donors (Lipinski definition) is 3. The molecular weight excluding hydrogens is 594 g/mol. The number of rotatable bonds is 3. The molecule has 46 heavy (non-hydrogen) atoms. The average molecular weight is 640 g/mol. The van der Waals surface area contributed by atoms with E-state index in [1.165, 1.54) is 41.0 Å². The summed E-state index contributed by atoms with van der Waals surface area (Å²) in [6.07, 6.45) is 3.61. The normalized spacial score (nSPS) is 29.9. The van der Waals surface area contributed by atoms with Crippen LogP contribution in [0.1, 0.15) is 82.5 Å². The maximum atomic E-state index is 14.1. The Morgan fingerprint density at radius 3 is 1.93 bits per heavy atom. The van der Waals surface area contributed by atoms with Gasteiger partial charge in [-0.3, -0.25) is 24.0 Å². The molecule has 0 bridgehead atoms. The Balaban J connectivity index is 1.52. The summed E-state index contributed by atoms with van der Waals surface area (Å²) in [6, 6.07) is 0.608. The van der Waals surface area contributed by atoms with Crippen molar-refractivity contribution in [1.29, 1.82) is 0 Å². The lowest BCUT2D eigenvalue weighted by Crippen LogP contribution is -2.63. The second-order valence-corrected chi connectivity index (χ2v) is 13.1. The topological polar surface area (TPSA) is 166 Å². The molecule has 0 saturated carbocycles. The molecule has 0 radical (unpaired) electrons. The first-order chi connectivity index (χ1) is 22.0. The Morgan fingerprint density at radius 2 is 1.33 bits per heavy atom. The van der Waals surface area contributed by atoms with E-state index in [0.29, 0.717) is 58.2 Å². The van der Waals surface area contributed by atoms with Crippen molar-refractivity contribution >= 4 is 35.5 Å². The highest BCUT2D eigenvalue weighted by atomic mass is 16.5. The molecule has 4 aliphatic rings. The highest BCUT2D eigenvalue weighted by Crippen LogP contribution is 2.29. The number of phenols is 1. The van der Waals surface area contributed by atoms with Crippen LogP contribution in [-0.2, 0) is 28.7 Å². The van der Waals surface area contributed by atoms with Gasteiger partial charge in [-0.1, -0.05) is 13.8 Å². The van der Waals surface area contributed by atoms with Crippen LogP contribution in [0.5, 0.6) is 5.75 Å². The number of cyclic esters (lactones) is 1. The number of aromatic hydroxyl groups is 1. The largest absolute Gasteiger partial charge is 0.508 e. The third kappa shape index (κ3) is 6.82. The third-order valence-corrected chi connectivity index (χ3v) is 9.65. The SMILES string of the molecule is CC(C)[C@@H]1NC(=O)[C@@H](NC(=O)c2ccc(O)cc2)[C@@H](C)OC(=O)[C@@H]2CCCCN2C(=O)[C@@H]2CCCCN2C(=O)[C@@H]2CCCN2C1=O. The molecule has 0 unspecified atom stereocenters.